The van der Waals surface area contributed by atoms with E-state index in [1.165, 1.54) is 23.3 Å². The largest absolute Gasteiger partial charge is 0.496 e. The van der Waals surface area contributed by atoms with Crippen molar-refractivity contribution in [1.29, 1.82) is 0 Å². The molecule has 0 unspecified atom stereocenters. The lowest BCUT2D eigenvalue weighted by Gasteiger charge is -2.32. The van der Waals surface area contributed by atoms with E-state index in [4.69, 9.17) is 4.74 Å². The topological polar surface area (TPSA) is 41.6 Å². The second kappa shape index (κ2) is 12.5. The number of aryl methyl sites for hydroxylation is 1. The molecule has 0 bridgehead atoms. The van der Waals surface area contributed by atoms with E-state index in [-0.39, 0.29) is 5.91 Å². The molecule has 38 heavy (non-hydrogen) atoms. The second-order valence-electron chi connectivity index (χ2n) is 9.98. The lowest BCUT2D eigenvalue weighted by Crippen LogP contribution is -2.34. The highest BCUT2D eigenvalue weighted by Crippen LogP contribution is 2.35. The van der Waals surface area contributed by atoms with Crippen LogP contribution in [0.1, 0.15) is 58.6 Å². The van der Waals surface area contributed by atoms with Crippen LogP contribution in [0.2, 0.25) is 0 Å². The van der Waals surface area contributed by atoms with Crippen LogP contribution < -0.4 is 10.1 Å². The minimum atomic E-state index is -4.35. The fraction of sp³-hybridized carbons (Fsp3) is 0.387. The molecule has 1 amide bonds. The van der Waals surface area contributed by atoms with E-state index in [9.17, 15) is 18.0 Å². The summed E-state index contributed by atoms with van der Waals surface area (Å²) in [6, 6.07) is 18.4. The van der Waals surface area contributed by atoms with Crippen LogP contribution in [0.4, 0.5) is 13.2 Å². The molecule has 4 nitrogen and oxygen atoms in total. The van der Waals surface area contributed by atoms with E-state index in [1.807, 2.05) is 0 Å². The first-order valence-electron chi connectivity index (χ1n) is 13.2. The smallest absolute Gasteiger partial charge is 0.416 e. The van der Waals surface area contributed by atoms with Gasteiger partial charge >= 0.3 is 6.18 Å². The lowest BCUT2D eigenvalue weighted by molar-refractivity contribution is -0.137. The zero-order chi connectivity index (χ0) is 27.1. The number of hydrogen-bond acceptors (Lipinski definition) is 3. The number of unbranched alkanes of at least 4 members (excludes halogenated alkanes) is 1. The molecule has 3 aromatic carbocycles. The molecule has 0 aromatic heterocycles. The highest BCUT2D eigenvalue weighted by molar-refractivity contribution is 5.94. The van der Waals surface area contributed by atoms with E-state index < -0.39 is 11.7 Å². The first-order chi connectivity index (χ1) is 18.2. The Kier molecular flexibility index (Phi) is 9.10. The van der Waals surface area contributed by atoms with Gasteiger partial charge < -0.3 is 15.0 Å². The van der Waals surface area contributed by atoms with Crippen LogP contribution in [0.15, 0.2) is 66.7 Å². The van der Waals surface area contributed by atoms with Crippen LogP contribution in [0.3, 0.4) is 0 Å². The Labute approximate surface area is 222 Å². The average molecular weight is 525 g/mol. The second-order valence-corrected chi connectivity index (χ2v) is 9.98. The maximum absolute atomic E-state index is 12.8. The van der Waals surface area contributed by atoms with Gasteiger partial charge in [-0.2, -0.15) is 13.2 Å². The Bertz CT molecular complexity index is 1200. The molecule has 1 heterocycles. The number of halogens is 3. The number of piperidine rings is 1. The first-order valence-corrected chi connectivity index (χ1v) is 13.2. The molecule has 3 aromatic rings. The molecule has 1 aliphatic heterocycles. The van der Waals surface area contributed by atoms with Crippen molar-refractivity contribution in [3.05, 3.63) is 89.0 Å². The lowest BCUT2D eigenvalue weighted by atomic mass is 9.88. The summed E-state index contributed by atoms with van der Waals surface area (Å²) in [5, 5.41) is 2.97. The highest BCUT2D eigenvalue weighted by atomic mass is 19.4. The molecule has 1 saturated heterocycles. The van der Waals surface area contributed by atoms with Crippen molar-refractivity contribution in [2.45, 2.75) is 44.7 Å². The molecule has 202 valence electrons. The van der Waals surface area contributed by atoms with Gasteiger partial charge in [0.2, 0.25) is 0 Å². The fourth-order valence-corrected chi connectivity index (χ4v) is 5.05. The summed E-state index contributed by atoms with van der Waals surface area (Å²) in [4.78, 5) is 15.0. The van der Waals surface area contributed by atoms with Gasteiger partial charge in [0, 0.05) is 12.1 Å². The highest BCUT2D eigenvalue weighted by Gasteiger charge is 2.30. The summed E-state index contributed by atoms with van der Waals surface area (Å²) in [7, 11) is 1.74. The van der Waals surface area contributed by atoms with Gasteiger partial charge in [-0.1, -0.05) is 36.4 Å². The zero-order valence-corrected chi connectivity index (χ0v) is 22.0. The summed E-state index contributed by atoms with van der Waals surface area (Å²) in [6.07, 6.45) is -0.183. The standard InChI is InChI=1S/C31H35F3N2O2/c1-22-5-14-28(29(21-22)38-2)25-15-19-36(20-16-25)18-4-3-17-35-30(37)26-8-6-23(7-9-26)24-10-12-27(13-11-24)31(32,33)34/h5-14,21,25H,3-4,15-20H2,1-2H3,(H,35,37). The van der Waals surface area contributed by atoms with Crippen LogP contribution in [0, 0.1) is 6.92 Å². The van der Waals surface area contributed by atoms with Gasteiger partial charge in [-0.15, -0.1) is 0 Å². The summed E-state index contributed by atoms with van der Waals surface area (Å²) in [5.41, 5.74) is 3.82. The third kappa shape index (κ3) is 7.16. The maximum atomic E-state index is 12.8. The quantitative estimate of drug-likeness (QED) is 0.304. The molecule has 4 rings (SSSR count). The summed E-state index contributed by atoms with van der Waals surface area (Å²) < 4.78 is 43.9. The number of likely N-dealkylation sites (tertiary alicyclic amines) is 1. The van der Waals surface area contributed by atoms with Crippen molar-refractivity contribution < 1.29 is 22.7 Å². The van der Waals surface area contributed by atoms with Gasteiger partial charge in [-0.05, 0) is 111 Å². The number of methoxy groups -OCH3 is 1. The SMILES string of the molecule is COc1cc(C)ccc1C1CCN(CCCCNC(=O)c2ccc(-c3ccc(C(F)(F)F)cc3)cc2)CC1. The molecular weight excluding hydrogens is 489 g/mol. The van der Waals surface area contributed by atoms with Crippen LogP contribution >= 0.6 is 0 Å². The van der Waals surface area contributed by atoms with Gasteiger partial charge in [0.1, 0.15) is 5.75 Å². The van der Waals surface area contributed by atoms with Crippen molar-refractivity contribution in [1.82, 2.24) is 10.2 Å². The molecule has 0 spiro atoms. The maximum Gasteiger partial charge on any atom is 0.416 e. The predicted octanol–water partition coefficient (Wildman–Crippen LogP) is 7.08. The van der Waals surface area contributed by atoms with E-state index in [0.29, 0.717) is 23.6 Å². The van der Waals surface area contributed by atoms with Crippen molar-refractivity contribution in [3.8, 4) is 16.9 Å². The molecule has 0 aliphatic carbocycles. The van der Waals surface area contributed by atoms with Gasteiger partial charge in [0.05, 0.1) is 12.7 Å². The van der Waals surface area contributed by atoms with Crippen molar-refractivity contribution >= 4 is 5.91 Å². The average Bonchev–Trinajstić information content (AvgIpc) is 2.93. The Balaban J connectivity index is 1.16. The van der Waals surface area contributed by atoms with E-state index >= 15 is 0 Å². The number of amides is 1. The van der Waals surface area contributed by atoms with Gasteiger partial charge in [-0.25, -0.2) is 0 Å². The fourth-order valence-electron chi connectivity index (χ4n) is 5.05. The Hall–Kier alpha value is -3.32. The zero-order valence-electron chi connectivity index (χ0n) is 22.0. The van der Waals surface area contributed by atoms with E-state index in [2.05, 4.69) is 35.3 Å². The van der Waals surface area contributed by atoms with Gasteiger partial charge in [0.25, 0.3) is 5.91 Å². The minimum absolute atomic E-state index is 0.142. The number of nitrogens with one attached hydrogen (secondary N) is 1. The number of alkyl halides is 3. The number of carbonyl (C=O) groups excluding carboxylic acids is 1. The number of rotatable bonds is 9. The third-order valence-corrected chi connectivity index (χ3v) is 7.30. The van der Waals surface area contributed by atoms with Crippen LogP contribution in [-0.4, -0.2) is 44.1 Å². The van der Waals surface area contributed by atoms with Crippen molar-refractivity contribution in [2.24, 2.45) is 0 Å². The van der Waals surface area contributed by atoms with Crippen LogP contribution in [-0.2, 0) is 6.18 Å². The molecule has 1 aliphatic rings. The molecule has 0 atom stereocenters. The molecular formula is C31H35F3N2O2. The molecule has 1 N–H and O–H groups in total. The number of carbonyl (C=O) groups is 1. The van der Waals surface area contributed by atoms with Crippen LogP contribution in [0.5, 0.6) is 5.75 Å². The summed E-state index contributed by atoms with van der Waals surface area (Å²) >= 11 is 0. The Morgan fingerprint density at radius 3 is 2.18 bits per heavy atom. The van der Waals surface area contributed by atoms with Crippen LogP contribution in [0.25, 0.3) is 11.1 Å². The number of hydrogen-bond donors (Lipinski definition) is 1. The predicted molar refractivity (Wildman–Crippen MR) is 145 cm³/mol. The summed E-state index contributed by atoms with van der Waals surface area (Å²) in [5.74, 6) is 1.39. The number of benzene rings is 3. The number of ether oxygens (including phenoxy) is 1. The van der Waals surface area contributed by atoms with E-state index in [0.717, 1.165) is 68.8 Å². The first kappa shape index (κ1) is 27.7. The monoisotopic (exact) mass is 524 g/mol. The Morgan fingerprint density at radius 1 is 0.947 bits per heavy atom. The molecule has 7 heteroatoms. The van der Waals surface area contributed by atoms with Gasteiger partial charge in [0.15, 0.2) is 0 Å². The molecule has 0 saturated carbocycles. The van der Waals surface area contributed by atoms with E-state index in [1.54, 1.807) is 31.4 Å². The van der Waals surface area contributed by atoms with Crippen molar-refractivity contribution in [3.63, 3.8) is 0 Å². The minimum Gasteiger partial charge on any atom is -0.496 e. The third-order valence-electron chi connectivity index (χ3n) is 7.30. The van der Waals surface area contributed by atoms with Gasteiger partial charge in [-0.3, -0.25) is 4.79 Å². The Morgan fingerprint density at radius 2 is 1.58 bits per heavy atom. The van der Waals surface area contributed by atoms with Crippen molar-refractivity contribution in [2.75, 3.05) is 33.3 Å². The molecule has 1 fully saturated rings. The normalized spacial score (nSPS) is 14.9. The molecule has 0 radical (unpaired) electrons. The number of nitrogens with zero attached hydrogens (tertiary/aromatic N) is 1. The summed E-state index contributed by atoms with van der Waals surface area (Å²) in [6.45, 7) is 5.85.